The van der Waals surface area contributed by atoms with Crippen LogP contribution < -0.4 is 0 Å². The normalized spacial score (nSPS) is 13.4. The molecule has 0 rings (SSSR count). The molecule has 0 aliphatic heterocycles. The zero-order valence-corrected chi connectivity index (χ0v) is 7.56. The highest BCUT2D eigenvalue weighted by atomic mass is 16.5. The van der Waals surface area contributed by atoms with Gasteiger partial charge in [0.2, 0.25) is 0 Å². The minimum absolute atomic E-state index is 0.972. The molecule has 0 amide bonds. The maximum Gasteiger partial charge on any atom is 0.0926 e. The molecule has 0 N–H and O–H groups in total. The average molecular weight is 143 g/mol. The lowest BCUT2D eigenvalue weighted by Crippen LogP contribution is -2.14. The van der Waals surface area contributed by atoms with Crippen LogP contribution in [-0.2, 0) is 4.74 Å². The molecule has 0 aliphatic rings. The summed E-state index contributed by atoms with van der Waals surface area (Å²) in [6.07, 6.45) is 0. The smallest absolute Gasteiger partial charge is 0.0926 e. The molecule has 0 fully saturated rings. The molecule has 0 spiro atoms. The third kappa shape index (κ3) is 3.51. The van der Waals surface area contributed by atoms with Crippen LogP contribution >= 0.6 is 0 Å². The van der Waals surface area contributed by atoms with Crippen LogP contribution in [0.1, 0.15) is 13.8 Å². The van der Waals surface area contributed by atoms with E-state index in [0.717, 1.165) is 12.3 Å². The first-order valence-corrected chi connectivity index (χ1v) is 3.43. The summed E-state index contributed by atoms with van der Waals surface area (Å²) in [5.74, 6) is 1.02. The fraction of sp³-hybridized carbons (Fsp3) is 0.750. The Hall–Kier alpha value is -0.500. The maximum absolute atomic E-state index is 5.07. The van der Waals surface area contributed by atoms with Crippen LogP contribution in [0.25, 0.3) is 0 Å². The van der Waals surface area contributed by atoms with Gasteiger partial charge in [0.1, 0.15) is 0 Å². The number of ether oxygens (including phenoxy) is 1. The van der Waals surface area contributed by atoms with Crippen molar-refractivity contribution in [3.8, 4) is 0 Å². The number of hydrogen-bond donors (Lipinski definition) is 0. The van der Waals surface area contributed by atoms with Gasteiger partial charge in [-0.3, -0.25) is 0 Å². The summed E-state index contributed by atoms with van der Waals surface area (Å²) >= 11 is 0. The molecule has 60 valence electrons. The van der Waals surface area contributed by atoms with E-state index in [-0.39, 0.29) is 0 Å². The Morgan fingerprint density at radius 3 is 2.10 bits per heavy atom. The SMILES string of the molecule is CO/C(C)=C(\C)CN(C)C. The Labute approximate surface area is 63.5 Å². The van der Waals surface area contributed by atoms with Gasteiger partial charge in [-0.15, -0.1) is 0 Å². The summed E-state index contributed by atoms with van der Waals surface area (Å²) in [4.78, 5) is 2.12. The lowest BCUT2D eigenvalue weighted by Gasteiger charge is -2.11. The first-order valence-electron chi connectivity index (χ1n) is 3.43. The summed E-state index contributed by atoms with van der Waals surface area (Å²) in [6, 6.07) is 0. The van der Waals surface area contributed by atoms with Gasteiger partial charge in [0.05, 0.1) is 12.9 Å². The number of likely N-dealkylation sites (N-methyl/N-ethyl adjacent to an activating group) is 1. The summed E-state index contributed by atoms with van der Waals surface area (Å²) in [5.41, 5.74) is 1.28. The van der Waals surface area contributed by atoms with Crippen LogP contribution in [0.5, 0.6) is 0 Å². The molecule has 0 bridgehead atoms. The molecule has 0 atom stereocenters. The lowest BCUT2D eigenvalue weighted by molar-refractivity contribution is 0.283. The maximum atomic E-state index is 5.07. The van der Waals surface area contributed by atoms with Gasteiger partial charge < -0.3 is 9.64 Å². The van der Waals surface area contributed by atoms with Crippen LogP contribution in [0.2, 0.25) is 0 Å². The molecule has 0 aromatic carbocycles. The van der Waals surface area contributed by atoms with E-state index >= 15 is 0 Å². The zero-order chi connectivity index (χ0) is 8.15. The van der Waals surface area contributed by atoms with Crippen molar-refractivity contribution in [2.24, 2.45) is 0 Å². The van der Waals surface area contributed by atoms with E-state index in [9.17, 15) is 0 Å². The summed E-state index contributed by atoms with van der Waals surface area (Å²) in [5, 5.41) is 0. The summed E-state index contributed by atoms with van der Waals surface area (Å²) in [7, 11) is 5.80. The second kappa shape index (κ2) is 4.34. The van der Waals surface area contributed by atoms with Crippen molar-refractivity contribution in [3.05, 3.63) is 11.3 Å². The molecule has 0 radical (unpaired) electrons. The van der Waals surface area contributed by atoms with Crippen molar-refractivity contribution in [2.45, 2.75) is 13.8 Å². The second-order valence-electron chi connectivity index (χ2n) is 2.78. The minimum Gasteiger partial charge on any atom is -0.501 e. The van der Waals surface area contributed by atoms with E-state index in [1.807, 2.05) is 21.0 Å². The molecule has 0 heterocycles. The molecule has 0 aliphatic carbocycles. The number of allylic oxidation sites excluding steroid dienone is 1. The highest BCUT2D eigenvalue weighted by Crippen LogP contribution is 2.03. The molecule has 0 saturated heterocycles. The number of rotatable bonds is 3. The third-order valence-electron chi connectivity index (χ3n) is 1.46. The van der Waals surface area contributed by atoms with Gasteiger partial charge in [-0.05, 0) is 33.5 Å². The predicted molar refractivity (Wildman–Crippen MR) is 43.9 cm³/mol. The van der Waals surface area contributed by atoms with E-state index in [4.69, 9.17) is 4.74 Å². The van der Waals surface area contributed by atoms with E-state index < -0.39 is 0 Å². The van der Waals surface area contributed by atoms with Gasteiger partial charge in [-0.25, -0.2) is 0 Å². The molecule has 0 aromatic heterocycles. The highest BCUT2D eigenvalue weighted by molar-refractivity contribution is 5.04. The van der Waals surface area contributed by atoms with Crippen molar-refractivity contribution in [1.82, 2.24) is 4.90 Å². The van der Waals surface area contributed by atoms with Gasteiger partial charge in [0, 0.05) is 6.54 Å². The van der Waals surface area contributed by atoms with Crippen LogP contribution in [0.15, 0.2) is 11.3 Å². The van der Waals surface area contributed by atoms with Crippen molar-refractivity contribution >= 4 is 0 Å². The first-order chi connectivity index (χ1) is 4.57. The van der Waals surface area contributed by atoms with E-state index in [1.54, 1.807) is 7.11 Å². The van der Waals surface area contributed by atoms with E-state index in [2.05, 4.69) is 11.8 Å². The van der Waals surface area contributed by atoms with Gasteiger partial charge >= 0.3 is 0 Å². The van der Waals surface area contributed by atoms with E-state index in [0.29, 0.717) is 0 Å². The standard InChI is InChI=1S/C8H17NO/c1-7(6-9(3)4)8(2)10-5/h6H2,1-5H3/b8-7+. The highest BCUT2D eigenvalue weighted by Gasteiger charge is 1.96. The summed E-state index contributed by atoms with van der Waals surface area (Å²) < 4.78 is 5.07. The van der Waals surface area contributed by atoms with Crippen molar-refractivity contribution in [3.63, 3.8) is 0 Å². The van der Waals surface area contributed by atoms with Crippen molar-refractivity contribution < 1.29 is 4.74 Å². The molecule has 10 heavy (non-hydrogen) atoms. The molecule has 2 heteroatoms. The van der Waals surface area contributed by atoms with Crippen molar-refractivity contribution in [2.75, 3.05) is 27.7 Å². The summed E-state index contributed by atoms with van der Waals surface area (Å²) in [6.45, 7) is 5.04. The quantitative estimate of drug-likeness (QED) is 0.555. The van der Waals surface area contributed by atoms with Crippen LogP contribution in [-0.4, -0.2) is 32.6 Å². The molecular weight excluding hydrogens is 126 g/mol. The average Bonchev–Trinajstić information content (AvgIpc) is 1.85. The fourth-order valence-electron chi connectivity index (χ4n) is 0.760. The molecule has 0 aromatic rings. The van der Waals surface area contributed by atoms with E-state index in [1.165, 1.54) is 5.57 Å². The largest absolute Gasteiger partial charge is 0.501 e. The van der Waals surface area contributed by atoms with Gasteiger partial charge in [0.25, 0.3) is 0 Å². The Balaban J connectivity index is 3.92. The topological polar surface area (TPSA) is 12.5 Å². The second-order valence-corrected chi connectivity index (χ2v) is 2.78. The molecule has 0 unspecified atom stereocenters. The predicted octanol–water partition coefficient (Wildman–Crippen LogP) is 1.49. The Bertz CT molecular complexity index is 127. The van der Waals surface area contributed by atoms with Crippen LogP contribution in [0.4, 0.5) is 0 Å². The number of methoxy groups -OCH3 is 1. The number of hydrogen-bond acceptors (Lipinski definition) is 2. The Morgan fingerprint density at radius 1 is 1.30 bits per heavy atom. The molecule has 2 nitrogen and oxygen atoms in total. The van der Waals surface area contributed by atoms with Gasteiger partial charge in [-0.2, -0.15) is 0 Å². The Morgan fingerprint density at radius 2 is 1.80 bits per heavy atom. The van der Waals surface area contributed by atoms with Crippen LogP contribution in [0, 0.1) is 0 Å². The lowest BCUT2D eigenvalue weighted by atomic mass is 10.2. The zero-order valence-electron chi connectivity index (χ0n) is 7.56. The van der Waals surface area contributed by atoms with Crippen LogP contribution in [0.3, 0.4) is 0 Å². The van der Waals surface area contributed by atoms with Gasteiger partial charge in [-0.1, -0.05) is 0 Å². The minimum atomic E-state index is 0.972. The monoisotopic (exact) mass is 143 g/mol. The van der Waals surface area contributed by atoms with Crippen molar-refractivity contribution in [1.29, 1.82) is 0 Å². The van der Waals surface area contributed by atoms with Gasteiger partial charge in [0.15, 0.2) is 0 Å². The first kappa shape index (κ1) is 9.50. The number of nitrogens with zero attached hydrogens (tertiary/aromatic N) is 1. The molecule has 0 saturated carbocycles. The Kier molecular flexibility index (Phi) is 4.12. The molecular formula is C8H17NO. The fourth-order valence-corrected chi connectivity index (χ4v) is 0.760. The third-order valence-corrected chi connectivity index (χ3v) is 1.46.